The predicted octanol–water partition coefficient (Wildman–Crippen LogP) is 1.79. The van der Waals surface area contributed by atoms with Crippen LogP contribution in [0.1, 0.15) is 11.1 Å². The third kappa shape index (κ3) is 3.29. The number of benzene rings is 1. The first-order chi connectivity index (χ1) is 10.0. The highest BCUT2D eigenvalue weighted by atomic mass is 35.5. The van der Waals surface area contributed by atoms with Crippen LogP contribution in [0.15, 0.2) is 29.5 Å². The molecule has 0 aliphatic heterocycles. The van der Waals surface area contributed by atoms with E-state index in [1.807, 2.05) is 0 Å². The quantitative estimate of drug-likeness (QED) is 0.392. The molecule has 2 aromatic rings. The van der Waals surface area contributed by atoms with Crippen molar-refractivity contribution in [1.29, 1.82) is 0 Å². The number of nitro groups is 1. The van der Waals surface area contributed by atoms with Gasteiger partial charge in [-0.15, -0.1) is 0 Å². The van der Waals surface area contributed by atoms with Crippen LogP contribution in [-0.2, 0) is 6.54 Å². The third-order valence-corrected chi connectivity index (χ3v) is 3.00. The number of methoxy groups -OCH3 is 1. The lowest BCUT2D eigenvalue weighted by Crippen LogP contribution is -2.04. The zero-order valence-electron chi connectivity index (χ0n) is 11.1. The van der Waals surface area contributed by atoms with Gasteiger partial charge in [-0.2, -0.15) is 9.78 Å². The highest BCUT2D eigenvalue weighted by Crippen LogP contribution is 2.24. The molecule has 0 saturated heterocycles. The van der Waals surface area contributed by atoms with Crippen LogP contribution in [0.5, 0.6) is 5.75 Å². The highest BCUT2D eigenvalue weighted by molar-refractivity contribution is 6.32. The average molecular weight is 310 g/mol. The molecule has 0 aliphatic rings. The minimum Gasteiger partial charge on any atom is -0.496 e. The van der Waals surface area contributed by atoms with Gasteiger partial charge in [0.2, 0.25) is 0 Å². The second-order valence-electron chi connectivity index (χ2n) is 4.10. The van der Waals surface area contributed by atoms with E-state index in [2.05, 4.69) is 10.2 Å². The molecule has 2 rings (SSSR count). The average Bonchev–Trinajstić information content (AvgIpc) is 2.80. The molecule has 0 amide bonds. The van der Waals surface area contributed by atoms with Gasteiger partial charge in [-0.1, -0.05) is 11.6 Å². The number of halogens is 1. The Morgan fingerprint density at radius 3 is 2.95 bits per heavy atom. The molecule has 9 heteroatoms. The fourth-order valence-corrected chi connectivity index (χ4v) is 2.07. The summed E-state index contributed by atoms with van der Waals surface area (Å²) in [4.78, 5) is 10.1. The van der Waals surface area contributed by atoms with E-state index in [1.165, 1.54) is 24.2 Å². The van der Waals surface area contributed by atoms with E-state index in [0.717, 1.165) is 11.1 Å². The third-order valence-electron chi connectivity index (χ3n) is 2.73. The molecule has 2 N–H and O–H groups in total. The van der Waals surface area contributed by atoms with Gasteiger partial charge in [0.1, 0.15) is 5.75 Å². The summed E-state index contributed by atoms with van der Waals surface area (Å²) in [5, 5.41) is 18.0. The van der Waals surface area contributed by atoms with Crippen molar-refractivity contribution < 1.29 is 9.66 Å². The lowest BCUT2D eigenvalue weighted by atomic mass is 10.1. The van der Waals surface area contributed by atoms with Crippen molar-refractivity contribution in [2.75, 3.05) is 7.11 Å². The summed E-state index contributed by atoms with van der Waals surface area (Å²) in [6, 6.07) is 5.35. The molecule has 0 atom stereocenters. The molecular formula is C12H12ClN5O3. The maximum absolute atomic E-state index is 10.7. The Morgan fingerprint density at radius 1 is 1.62 bits per heavy atom. The Labute approximate surface area is 124 Å². The van der Waals surface area contributed by atoms with Crippen molar-refractivity contribution in [3.8, 4) is 5.75 Å². The SMILES string of the molecule is COc1ccc(C=NN)cc1Cn1cc(Cl)c([N+](=O)[O-])n1. The number of hydrogen-bond acceptors (Lipinski definition) is 6. The maximum atomic E-state index is 10.7. The fourth-order valence-electron chi connectivity index (χ4n) is 1.85. The monoisotopic (exact) mass is 309 g/mol. The molecule has 1 aromatic heterocycles. The van der Waals surface area contributed by atoms with Gasteiger partial charge in [0.25, 0.3) is 0 Å². The number of nitrogens with zero attached hydrogens (tertiary/aromatic N) is 4. The van der Waals surface area contributed by atoms with Crippen molar-refractivity contribution in [3.05, 3.63) is 50.7 Å². The van der Waals surface area contributed by atoms with Crippen LogP contribution in [0.3, 0.4) is 0 Å². The Bertz CT molecular complexity index is 698. The number of rotatable bonds is 5. The first-order valence-electron chi connectivity index (χ1n) is 5.82. The topological polar surface area (TPSA) is 109 Å². The highest BCUT2D eigenvalue weighted by Gasteiger charge is 2.19. The summed E-state index contributed by atoms with van der Waals surface area (Å²) in [7, 11) is 1.54. The smallest absolute Gasteiger partial charge is 0.408 e. The van der Waals surface area contributed by atoms with Gasteiger partial charge in [0.15, 0.2) is 5.02 Å². The normalized spacial score (nSPS) is 11.0. The van der Waals surface area contributed by atoms with Crippen LogP contribution < -0.4 is 10.6 Å². The van der Waals surface area contributed by atoms with Crippen molar-refractivity contribution in [3.63, 3.8) is 0 Å². The molecular weight excluding hydrogens is 298 g/mol. The molecule has 0 spiro atoms. The lowest BCUT2D eigenvalue weighted by Gasteiger charge is -2.08. The second-order valence-corrected chi connectivity index (χ2v) is 4.51. The molecule has 0 radical (unpaired) electrons. The van der Waals surface area contributed by atoms with Crippen LogP contribution in [0.4, 0.5) is 5.82 Å². The molecule has 21 heavy (non-hydrogen) atoms. The lowest BCUT2D eigenvalue weighted by molar-refractivity contribution is -0.389. The minimum absolute atomic E-state index is 0.0151. The summed E-state index contributed by atoms with van der Waals surface area (Å²) in [5.74, 6) is 5.36. The van der Waals surface area contributed by atoms with Crippen molar-refractivity contribution in [2.45, 2.75) is 6.54 Å². The minimum atomic E-state index is -0.631. The van der Waals surface area contributed by atoms with Crippen molar-refractivity contribution in [1.82, 2.24) is 9.78 Å². The van der Waals surface area contributed by atoms with E-state index in [4.69, 9.17) is 22.2 Å². The molecule has 0 unspecified atom stereocenters. The van der Waals surface area contributed by atoms with E-state index in [1.54, 1.807) is 18.2 Å². The van der Waals surface area contributed by atoms with Gasteiger partial charge in [0, 0.05) is 5.56 Å². The number of ether oxygens (including phenoxy) is 1. The van der Waals surface area contributed by atoms with Gasteiger partial charge in [-0.05, 0) is 28.7 Å². The molecule has 110 valence electrons. The number of nitrogens with two attached hydrogens (primary N) is 1. The van der Waals surface area contributed by atoms with Crippen LogP contribution in [0, 0.1) is 10.1 Å². The van der Waals surface area contributed by atoms with Crippen molar-refractivity contribution >= 4 is 23.6 Å². The predicted molar refractivity (Wildman–Crippen MR) is 77.8 cm³/mol. The molecule has 0 fully saturated rings. The summed E-state index contributed by atoms with van der Waals surface area (Å²) in [6.07, 6.45) is 2.88. The van der Waals surface area contributed by atoms with Gasteiger partial charge < -0.3 is 20.7 Å². The Kier molecular flexibility index (Phi) is 4.39. The molecule has 0 bridgehead atoms. The zero-order valence-corrected chi connectivity index (χ0v) is 11.8. The van der Waals surface area contributed by atoms with Gasteiger partial charge in [-0.3, -0.25) is 0 Å². The van der Waals surface area contributed by atoms with Gasteiger partial charge in [0.05, 0.1) is 31.2 Å². The number of hydrogen-bond donors (Lipinski definition) is 1. The first kappa shape index (κ1) is 14.8. The van der Waals surface area contributed by atoms with E-state index in [0.29, 0.717) is 5.75 Å². The first-order valence-corrected chi connectivity index (χ1v) is 6.20. The summed E-state index contributed by atoms with van der Waals surface area (Å²) < 4.78 is 6.63. The van der Waals surface area contributed by atoms with Crippen LogP contribution in [-0.4, -0.2) is 28.0 Å². The number of aromatic nitrogens is 2. The van der Waals surface area contributed by atoms with Gasteiger partial charge in [-0.25, -0.2) is 0 Å². The molecule has 1 heterocycles. The van der Waals surface area contributed by atoms with Gasteiger partial charge >= 0.3 is 5.82 Å². The van der Waals surface area contributed by atoms with Crippen LogP contribution in [0.2, 0.25) is 5.02 Å². The summed E-state index contributed by atoms with van der Waals surface area (Å²) in [6.45, 7) is 0.267. The van der Waals surface area contributed by atoms with E-state index in [9.17, 15) is 10.1 Å². The largest absolute Gasteiger partial charge is 0.496 e. The Morgan fingerprint density at radius 2 is 2.38 bits per heavy atom. The molecule has 0 saturated carbocycles. The standard InChI is InChI=1S/C12H12ClN5O3/c1-21-11-3-2-8(5-15-14)4-9(11)6-17-7-10(13)12(16-17)18(19)20/h2-5,7H,6,14H2,1H3. The Hall–Kier alpha value is -2.61. The van der Waals surface area contributed by atoms with E-state index >= 15 is 0 Å². The fraction of sp³-hybridized carbons (Fsp3) is 0.167. The summed E-state index contributed by atoms with van der Waals surface area (Å²) in [5.41, 5.74) is 1.55. The maximum Gasteiger partial charge on any atom is 0.408 e. The van der Waals surface area contributed by atoms with Crippen molar-refractivity contribution in [2.24, 2.45) is 10.9 Å². The van der Waals surface area contributed by atoms with E-state index in [-0.39, 0.29) is 17.4 Å². The molecule has 1 aromatic carbocycles. The van der Waals surface area contributed by atoms with Crippen LogP contribution >= 0.6 is 11.6 Å². The number of hydrazone groups is 1. The van der Waals surface area contributed by atoms with Crippen LogP contribution in [0.25, 0.3) is 0 Å². The Balaban J connectivity index is 2.35. The zero-order chi connectivity index (χ0) is 15.4. The van der Waals surface area contributed by atoms with E-state index < -0.39 is 4.92 Å². The summed E-state index contributed by atoms with van der Waals surface area (Å²) >= 11 is 5.77. The second kappa shape index (κ2) is 6.23. The molecule has 0 aliphatic carbocycles. The molecule has 8 nitrogen and oxygen atoms in total.